The van der Waals surface area contributed by atoms with Gasteiger partial charge in [-0.05, 0) is 12.1 Å². The molecule has 0 bridgehead atoms. The maximum atomic E-state index is 12.0. The van der Waals surface area contributed by atoms with Gasteiger partial charge in [-0.15, -0.1) is 6.58 Å². The summed E-state index contributed by atoms with van der Waals surface area (Å²) in [4.78, 5) is 23.8. The van der Waals surface area contributed by atoms with Crippen LogP contribution in [-0.4, -0.2) is 42.2 Å². The highest BCUT2D eigenvalue weighted by molar-refractivity contribution is 6.31. The summed E-state index contributed by atoms with van der Waals surface area (Å²) in [5, 5.41) is 11.9. The van der Waals surface area contributed by atoms with Crippen LogP contribution in [-0.2, 0) is 11.3 Å². The van der Waals surface area contributed by atoms with Crippen LogP contribution in [0.5, 0.6) is 5.75 Å². The fourth-order valence-electron chi connectivity index (χ4n) is 1.72. The highest BCUT2D eigenvalue weighted by Crippen LogP contribution is 2.25. The second-order valence-electron chi connectivity index (χ2n) is 4.14. The van der Waals surface area contributed by atoms with Crippen molar-refractivity contribution in [2.45, 2.75) is 6.54 Å². The average molecular weight is 313 g/mol. The second kappa shape index (κ2) is 8.16. The van der Waals surface area contributed by atoms with E-state index in [1.807, 2.05) is 0 Å². The number of nitrogens with zero attached hydrogens (tertiary/aromatic N) is 1. The number of rotatable bonds is 7. The summed E-state index contributed by atoms with van der Waals surface area (Å²) in [6.07, 6.45) is 1.46. The van der Waals surface area contributed by atoms with Gasteiger partial charge in [-0.25, -0.2) is 4.79 Å². The molecule has 2 amide bonds. The van der Waals surface area contributed by atoms with Crippen molar-refractivity contribution in [3.05, 3.63) is 41.4 Å². The van der Waals surface area contributed by atoms with Crippen molar-refractivity contribution >= 4 is 23.6 Å². The Hall–Kier alpha value is -2.21. The van der Waals surface area contributed by atoms with Crippen LogP contribution in [0.15, 0.2) is 30.9 Å². The molecule has 0 aliphatic carbocycles. The lowest BCUT2D eigenvalue weighted by atomic mass is 10.2. The number of carboxylic acids is 1. The number of ether oxygens (including phenoxy) is 1. The van der Waals surface area contributed by atoms with E-state index in [0.717, 1.165) is 4.90 Å². The Morgan fingerprint density at radius 3 is 2.81 bits per heavy atom. The van der Waals surface area contributed by atoms with Gasteiger partial charge in [0.05, 0.1) is 7.11 Å². The summed E-state index contributed by atoms with van der Waals surface area (Å²) in [5.74, 6) is -0.543. The number of hydrogen-bond acceptors (Lipinski definition) is 3. The highest BCUT2D eigenvalue weighted by Gasteiger charge is 2.16. The number of halogens is 1. The Morgan fingerprint density at radius 2 is 2.24 bits per heavy atom. The molecule has 114 valence electrons. The number of benzene rings is 1. The minimum atomic E-state index is -1.10. The Labute approximate surface area is 128 Å². The number of carbonyl (C=O) groups is 2. The number of aliphatic carboxylic acids is 1. The van der Waals surface area contributed by atoms with Crippen LogP contribution in [0.1, 0.15) is 5.56 Å². The van der Waals surface area contributed by atoms with Gasteiger partial charge in [-0.2, -0.15) is 0 Å². The fourth-order valence-corrected chi connectivity index (χ4v) is 1.95. The van der Waals surface area contributed by atoms with Gasteiger partial charge in [0.15, 0.2) is 0 Å². The zero-order valence-corrected chi connectivity index (χ0v) is 12.4. The molecule has 7 heteroatoms. The van der Waals surface area contributed by atoms with Crippen LogP contribution in [0.25, 0.3) is 0 Å². The summed E-state index contributed by atoms with van der Waals surface area (Å²) in [7, 11) is 1.51. The Morgan fingerprint density at radius 1 is 1.52 bits per heavy atom. The number of carbonyl (C=O) groups excluding carboxylic acids is 1. The molecule has 0 spiro atoms. The molecule has 0 atom stereocenters. The van der Waals surface area contributed by atoms with Gasteiger partial charge in [-0.3, -0.25) is 4.79 Å². The van der Waals surface area contributed by atoms with Crippen LogP contribution in [0.4, 0.5) is 4.79 Å². The predicted molar refractivity (Wildman–Crippen MR) is 79.6 cm³/mol. The third-order valence-corrected chi connectivity index (χ3v) is 3.03. The van der Waals surface area contributed by atoms with Crippen LogP contribution in [0.2, 0.25) is 5.02 Å². The number of nitrogens with one attached hydrogen (secondary N) is 1. The molecule has 1 aromatic carbocycles. The van der Waals surface area contributed by atoms with Gasteiger partial charge in [-0.1, -0.05) is 23.7 Å². The van der Waals surface area contributed by atoms with Crippen LogP contribution < -0.4 is 10.1 Å². The van der Waals surface area contributed by atoms with Gasteiger partial charge in [0.1, 0.15) is 12.3 Å². The average Bonchev–Trinajstić information content (AvgIpc) is 2.44. The zero-order valence-electron chi connectivity index (χ0n) is 11.6. The summed E-state index contributed by atoms with van der Waals surface area (Å²) in [5.41, 5.74) is 0.629. The van der Waals surface area contributed by atoms with E-state index in [1.165, 1.54) is 13.2 Å². The van der Waals surface area contributed by atoms with Crippen LogP contribution >= 0.6 is 11.6 Å². The highest BCUT2D eigenvalue weighted by atomic mass is 35.5. The lowest BCUT2D eigenvalue weighted by molar-refractivity contribution is -0.137. The Bertz CT molecular complexity index is 534. The molecule has 0 aliphatic heterocycles. The largest absolute Gasteiger partial charge is 0.496 e. The first kappa shape index (κ1) is 16.8. The number of methoxy groups -OCH3 is 1. The first-order valence-electron chi connectivity index (χ1n) is 6.16. The molecule has 0 unspecified atom stereocenters. The molecule has 6 nitrogen and oxygen atoms in total. The van der Waals surface area contributed by atoms with E-state index >= 15 is 0 Å². The Balaban J connectivity index is 2.75. The van der Waals surface area contributed by atoms with Gasteiger partial charge in [0.2, 0.25) is 0 Å². The molecule has 0 radical (unpaired) electrons. The summed E-state index contributed by atoms with van der Waals surface area (Å²) in [6.45, 7) is 3.36. The monoisotopic (exact) mass is 312 g/mol. The lowest BCUT2D eigenvalue weighted by Gasteiger charge is -2.20. The molecule has 2 N–H and O–H groups in total. The fraction of sp³-hybridized carbons (Fsp3) is 0.286. The van der Waals surface area contributed by atoms with E-state index in [4.69, 9.17) is 21.4 Å². The predicted octanol–water partition coefficient (Wildman–Crippen LogP) is 2.13. The summed E-state index contributed by atoms with van der Waals surface area (Å²) >= 11 is 6.06. The Kier molecular flexibility index (Phi) is 6.55. The molecule has 0 heterocycles. The van der Waals surface area contributed by atoms with Crippen molar-refractivity contribution in [2.24, 2.45) is 0 Å². The van der Waals surface area contributed by atoms with E-state index in [9.17, 15) is 9.59 Å². The second-order valence-corrected chi connectivity index (χ2v) is 4.55. The maximum Gasteiger partial charge on any atom is 0.323 e. The van der Waals surface area contributed by atoms with E-state index in [-0.39, 0.29) is 13.1 Å². The molecular formula is C14H17ClN2O4. The number of amides is 2. The minimum absolute atomic E-state index is 0.134. The molecule has 0 aromatic heterocycles. The molecular weight excluding hydrogens is 296 g/mol. The minimum Gasteiger partial charge on any atom is -0.496 e. The van der Waals surface area contributed by atoms with Gasteiger partial charge in [0, 0.05) is 23.7 Å². The number of carboxylic acid groups (broad SMARTS) is 1. The van der Waals surface area contributed by atoms with E-state index in [0.29, 0.717) is 16.3 Å². The van der Waals surface area contributed by atoms with Crippen molar-refractivity contribution in [1.29, 1.82) is 0 Å². The molecule has 0 fully saturated rings. The SMILES string of the molecule is C=CCN(CC(=O)O)C(=O)NCc1c(Cl)cccc1OC. The first-order valence-corrected chi connectivity index (χ1v) is 6.54. The molecule has 0 saturated heterocycles. The topological polar surface area (TPSA) is 78.9 Å². The molecule has 0 aliphatic rings. The van der Waals surface area contributed by atoms with Crippen LogP contribution in [0, 0.1) is 0 Å². The molecule has 21 heavy (non-hydrogen) atoms. The number of urea groups is 1. The van der Waals surface area contributed by atoms with Crippen molar-refractivity contribution in [3.8, 4) is 5.75 Å². The number of hydrogen-bond donors (Lipinski definition) is 2. The molecule has 1 rings (SSSR count). The quantitative estimate of drug-likeness (QED) is 0.756. The first-order chi connectivity index (χ1) is 9.99. The third-order valence-electron chi connectivity index (χ3n) is 2.67. The van der Waals surface area contributed by atoms with E-state index in [1.54, 1.807) is 18.2 Å². The summed E-state index contributed by atoms with van der Waals surface area (Å²) < 4.78 is 5.17. The third kappa shape index (κ3) is 5.00. The van der Waals surface area contributed by atoms with Crippen molar-refractivity contribution in [1.82, 2.24) is 10.2 Å². The standard InChI is InChI=1S/C14H17ClN2O4/c1-3-7-17(9-13(18)19)14(20)16-8-10-11(15)5-4-6-12(10)21-2/h3-6H,1,7-9H2,2H3,(H,16,20)(H,18,19). The maximum absolute atomic E-state index is 12.0. The molecule has 1 aromatic rings. The van der Waals surface area contributed by atoms with Crippen molar-refractivity contribution in [2.75, 3.05) is 20.2 Å². The van der Waals surface area contributed by atoms with E-state index < -0.39 is 18.5 Å². The van der Waals surface area contributed by atoms with Crippen molar-refractivity contribution < 1.29 is 19.4 Å². The van der Waals surface area contributed by atoms with E-state index in [2.05, 4.69) is 11.9 Å². The normalized spacial score (nSPS) is 9.81. The van der Waals surface area contributed by atoms with Crippen LogP contribution in [0.3, 0.4) is 0 Å². The molecule has 0 saturated carbocycles. The summed E-state index contributed by atoms with van der Waals surface area (Å²) in [6, 6.07) is 4.64. The lowest BCUT2D eigenvalue weighted by Crippen LogP contribution is -2.42. The van der Waals surface area contributed by atoms with Crippen molar-refractivity contribution in [3.63, 3.8) is 0 Å². The van der Waals surface area contributed by atoms with Gasteiger partial charge in [0.25, 0.3) is 0 Å². The zero-order chi connectivity index (χ0) is 15.8. The smallest absolute Gasteiger partial charge is 0.323 e. The van der Waals surface area contributed by atoms with Gasteiger partial charge < -0.3 is 20.1 Å². The van der Waals surface area contributed by atoms with Gasteiger partial charge >= 0.3 is 12.0 Å².